The summed E-state index contributed by atoms with van der Waals surface area (Å²) in [6.07, 6.45) is 3.51. The van der Waals surface area contributed by atoms with Gasteiger partial charge in [0.15, 0.2) is 23.5 Å². The van der Waals surface area contributed by atoms with Crippen molar-refractivity contribution in [2.24, 2.45) is 7.05 Å². The minimum absolute atomic E-state index is 0. The number of fused-ring (bicyclic) bond motifs is 2. The van der Waals surface area contributed by atoms with Crippen molar-refractivity contribution in [2.75, 3.05) is 37.7 Å². The Bertz CT molecular complexity index is 1880. The van der Waals surface area contributed by atoms with Gasteiger partial charge in [-0.25, -0.2) is 24.1 Å². The summed E-state index contributed by atoms with van der Waals surface area (Å²) in [5.41, 5.74) is 4.20. The summed E-state index contributed by atoms with van der Waals surface area (Å²) in [7, 11) is 1.90. The first kappa shape index (κ1) is 38.2. The Morgan fingerprint density at radius 1 is 1.12 bits per heavy atom. The summed E-state index contributed by atoms with van der Waals surface area (Å²) < 4.78 is 29.7. The van der Waals surface area contributed by atoms with Gasteiger partial charge in [0.2, 0.25) is 0 Å². The quantitative estimate of drug-likeness (QED) is 0.185. The minimum atomic E-state index is -1.35. The Kier molecular flexibility index (Phi) is 11.7. The van der Waals surface area contributed by atoms with E-state index in [1.54, 1.807) is 13.1 Å². The van der Waals surface area contributed by atoms with Crippen LogP contribution < -0.4 is 9.64 Å². The van der Waals surface area contributed by atoms with Crippen molar-refractivity contribution in [3.8, 4) is 28.4 Å². The van der Waals surface area contributed by atoms with E-state index in [1.165, 1.54) is 6.07 Å². The normalized spacial score (nSPS) is 15.9. The number of nitrogens with zero attached hydrogens (tertiary/aromatic N) is 6. The van der Waals surface area contributed by atoms with Crippen molar-refractivity contribution in [1.82, 2.24) is 24.4 Å². The molecule has 5 heterocycles. The van der Waals surface area contributed by atoms with Gasteiger partial charge in [0.1, 0.15) is 11.5 Å². The third-order valence-electron chi connectivity index (χ3n) is 9.76. The van der Waals surface area contributed by atoms with Crippen LogP contribution in [0.1, 0.15) is 68.5 Å². The first-order valence-electron chi connectivity index (χ1n) is 17.1. The van der Waals surface area contributed by atoms with E-state index in [1.807, 2.05) is 51.4 Å². The standard InChI is InChI=1S/C38H47FN6O4.U/c1-9-24(10-2)44-15-17-45(18-16-44)30-13-14-40-35(42-30)29-21-27-32(26-20-28(39)33-25(22(26)3)12-11-19-48-33)31(23(4)41-36(27)43(29)8)34(37(46)47)49-38(5,6)7;/h13-14,20-21,24,34H,1-2,9-12,15-19H2,3-8H3,(H,46,47);/q-2;+2/t34-;/m0./s1. The largest absolute Gasteiger partial charge is 2.00 e. The fourth-order valence-corrected chi connectivity index (χ4v) is 7.26. The predicted molar refractivity (Wildman–Crippen MR) is 189 cm³/mol. The number of hydrogen-bond acceptors (Lipinski definition) is 8. The fraction of sp³-hybridized carbons (Fsp3) is 0.474. The number of aromatic nitrogens is 4. The van der Waals surface area contributed by atoms with Gasteiger partial charge in [-0.05, 0) is 82.8 Å². The van der Waals surface area contributed by atoms with Gasteiger partial charge in [-0.2, -0.15) is 12.8 Å². The third-order valence-corrected chi connectivity index (χ3v) is 9.76. The number of carboxylic acids is 1. The molecule has 264 valence electrons. The maximum absolute atomic E-state index is 15.8. The Morgan fingerprint density at radius 3 is 2.46 bits per heavy atom. The van der Waals surface area contributed by atoms with Crippen LogP contribution in [0.15, 0.2) is 24.4 Å². The SMILES string of the molecule is [CH2-]CC(C[CH2-])N1CCN(c2ccnc(-c3cc4c(-c5cc(F)c6c(c5C)CCCO6)c([C@H](OC(C)(C)C)C(=O)O)c(C)nc4n3C)n2)CC1.[U+2]. The van der Waals surface area contributed by atoms with E-state index in [4.69, 9.17) is 19.4 Å². The number of halogens is 1. The molecule has 0 spiro atoms. The van der Waals surface area contributed by atoms with Crippen molar-refractivity contribution in [1.29, 1.82) is 0 Å². The van der Waals surface area contributed by atoms with E-state index < -0.39 is 23.5 Å². The van der Waals surface area contributed by atoms with Gasteiger partial charge in [0.05, 0.1) is 17.9 Å². The molecule has 12 heteroatoms. The molecule has 1 N–H and O–H groups in total. The zero-order chi connectivity index (χ0) is 35.2. The van der Waals surface area contributed by atoms with Gasteiger partial charge in [-0.1, -0.05) is 0 Å². The smallest absolute Gasteiger partial charge is 0.490 e. The molecular formula is C38H47FN6O4U. The molecular weight excluding hydrogens is 861 g/mol. The van der Waals surface area contributed by atoms with E-state index in [2.05, 4.69) is 28.6 Å². The average Bonchev–Trinajstić information content (AvgIpc) is 3.40. The molecule has 6 rings (SSSR count). The summed E-state index contributed by atoms with van der Waals surface area (Å²) in [6, 6.07) is 5.71. The number of rotatable bonds is 9. The first-order valence-corrected chi connectivity index (χ1v) is 17.1. The zero-order valence-corrected chi connectivity index (χ0v) is 34.1. The van der Waals surface area contributed by atoms with Crippen LogP contribution in [0.25, 0.3) is 33.7 Å². The van der Waals surface area contributed by atoms with Gasteiger partial charge in [-0.15, -0.1) is 0 Å². The molecule has 2 aliphatic rings. The van der Waals surface area contributed by atoms with Gasteiger partial charge in [0, 0.05) is 67.2 Å². The number of carboxylic acid groups (broad SMARTS) is 1. The number of aliphatic carboxylic acids is 1. The van der Waals surface area contributed by atoms with Gasteiger partial charge in [-0.3, -0.25) is 0 Å². The number of anilines is 1. The second kappa shape index (κ2) is 15.3. The van der Waals surface area contributed by atoms with Gasteiger partial charge in [0.25, 0.3) is 0 Å². The molecule has 2 aliphatic heterocycles. The third kappa shape index (κ3) is 7.32. The summed E-state index contributed by atoms with van der Waals surface area (Å²) in [5, 5.41) is 11.2. The Morgan fingerprint density at radius 2 is 1.82 bits per heavy atom. The summed E-state index contributed by atoms with van der Waals surface area (Å²) in [4.78, 5) is 32.3. The fourth-order valence-electron chi connectivity index (χ4n) is 7.26. The van der Waals surface area contributed by atoms with E-state index in [0.717, 1.165) is 62.4 Å². The second-order valence-corrected chi connectivity index (χ2v) is 14.0. The van der Waals surface area contributed by atoms with Gasteiger partial charge >= 0.3 is 37.1 Å². The molecule has 3 aromatic heterocycles. The zero-order valence-electron chi connectivity index (χ0n) is 30.0. The second-order valence-electron chi connectivity index (χ2n) is 14.0. The van der Waals surface area contributed by atoms with E-state index >= 15 is 4.39 Å². The van der Waals surface area contributed by atoms with Crippen LogP contribution >= 0.6 is 0 Å². The van der Waals surface area contributed by atoms with E-state index in [0.29, 0.717) is 64.0 Å². The van der Waals surface area contributed by atoms with Crippen molar-refractivity contribution in [3.63, 3.8) is 0 Å². The molecule has 0 saturated carbocycles. The van der Waals surface area contributed by atoms with Crippen molar-refractivity contribution >= 4 is 22.8 Å². The van der Waals surface area contributed by atoms with Crippen molar-refractivity contribution in [2.45, 2.75) is 78.0 Å². The van der Waals surface area contributed by atoms with E-state index in [9.17, 15) is 9.90 Å². The summed E-state index contributed by atoms with van der Waals surface area (Å²) >= 11 is 0. The molecule has 4 aromatic rings. The monoisotopic (exact) mass is 908 g/mol. The molecule has 0 aliphatic carbocycles. The van der Waals surface area contributed by atoms with Crippen molar-refractivity contribution < 1.29 is 54.9 Å². The molecule has 1 saturated heterocycles. The number of carbonyl (C=O) groups is 1. The Balaban J connectivity index is 0.00000486. The van der Waals surface area contributed by atoms with Crippen LogP contribution in [0.5, 0.6) is 5.75 Å². The molecule has 0 amide bonds. The first-order chi connectivity index (χ1) is 23.3. The van der Waals surface area contributed by atoms with E-state index in [-0.39, 0.29) is 36.9 Å². The Labute approximate surface area is 318 Å². The molecule has 1 aromatic carbocycles. The maximum Gasteiger partial charge on any atom is 2.00 e. The number of pyridine rings is 1. The Hall–Kier alpha value is -3.04. The topological polar surface area (TPSA) is 106 Å². The molecule has 1 fully saturated rings. The van der Waals surface area contributed by atoms with Gasteiger partial charge < -0.3 is 42.8 Å². The number of ether oxygens (including phenoxy) is 2. The van der Waals surface area contributed by atoms with Crippen LogP contribution in [0.2, 0.25) is 0 Å². The minimum Gasteiger partial charge on any atom is -0.490 e. The number of piperazine rings is 1. The van der Waals surface area contributed by atoms with Crippen LogP contribution in [-0.2, 0) is 23.0 Å². The van der Waals surface area contributed by atoms with Crippen LogP contribution in [0, 0.1) is 64.6 Å². The molecule has 0 unspecified atom stereocenters. The van der Waals surface area contributed by atoms with Crippen LogP contribution in [-0.4, -0.2) is 79.9 Å². The molecule has 50 heavy (non-hydrogen) atoms. The molecule has 1 atom stereocenters. The predicted octanol–water partition coefficient (Wildman–Crippen LogP) is 6.66. The average molecular weight is 909 g/mol. The number of aryl methyl sites for hydroxylation is 2. The molecule has 10 nitrogen and oxygen atoms in total. The number of benzene rings is 1. The molecule has 0 bridgehead atoms. The summed E-state index contributed by atoms with van der Waals surface area (Å²) in [6.45, 7) is 21.3. The maximum atomic E-state index is 15.8. The summed E-state index contributed by atoms with van der Waals surface area (Å²) in [5.74, 6) is -0.00972. The van der Waals surface area contributed by atoms with Crippen LogP contribution in [0.3, 0.4) is 0 Å². The number of hydrogen-bond donors (Lipinski definition) is 1. The van der Waals surface area contributed by atoms with Crippen LogP contribution in [0.4, 0.5) is 10.2 Å². The van der Waals surface area contributed by atoms with Crippen molar-refractivity contribution in [3.05, 3.63) is 66.4 Å². The molecule has 0 radical (unpaired) electrons.